The molecule has 146 valence electrons. The summed E-state index contributed by atoms with van der Waals surface area (Å²) < 4.78 is 11.3. The van der Waals surface area contributed by atoms with Gasteiger partial charge in [0.15, 0.2) is 19.0 Å². The zero-order valence-electron chi connectivity index (χ0n) is 16.1. The number of carbonyl (C=O) groups excluding carboxylic acids is 2. The van der Waals surface area contributed by atoms with Gasteiger partial charge in [-0.3, -0.25) is 4.79 Å². The van der Waals surface area contributed by atoms with Crippen LogP contribution in [0.3, 0.4) is 0 Å². The summed E-state index contributed by atoms with van der Waals surface area (Å²) in [4.78, 5) is 26.3. The Bertz CT molecular complexity index is 936. The fourth-order valence-corrected chi connectivity index (χ4v) is 3.72. The minimum atomic E-state index is -0.589. The molecule has 0 saturated carbocycles. The van der Waals surface area contributed by atoms with Gasteiger partial charge in [-0.2, -0.15) is 0 Å². The average molecular weight is 444 g/mol. The van der Waals surface area contributed by atoms with Gasteiger partial charge in [0.2, 0.25) is 0 Å². The molecule has 0 atom stereocenters. The van der Waals surface area contributed by atoms with Crippen molar-refractivity contribution in [2.75, 3.05) is 25.2 Å². The van der Waals surface area contributed by atoms with Crippen LogP contribution in [0.4, 0.5) is 5.69 Å². The molecule has 1 aliphatic rings. The van der Waals surface area contributed by atoms with E-state index in [9.17, 15) is 9.59 Å². The molecule has 0 aliphatic carbocycles. The second-order valence-corrected chi connectivity index (χ2v) is 8.02. The number of hydrogen-bond acceptors (Lipinski definition) is 5. The van der Waals surface area contributed by atoms with Crippen molar-refractivity contribution in [3.05, 3.63) is 70.3 Å². The number of nitrogens with zero attached hydrogens (tertiary/aromatic N) is 1. The number of ketones is 1. The highest BCUT2D eigenvalue weighted by Gasteiger charge is 2.38. The summed E-state index contributed by atoms with van der Waals surface area (Å²) in [6.45, 7) is 3.58. The molecule has 6 heteroatoms. The fourth-order valence-electron chi connectivity index (χ4n) is 3.35. The van der Waals surface area contributed by atoms with Crippen molar-refractivity contribution in [1.29, 1.82) is 0 Å². The predicted molar refractivity (Wildman–Crippen MR) is 112 cm³/mol. The molecule has 28 heavy (non-hydrogen) atoms. The summed E-state index contributed by atoms with van der Waals surface area (Å²) in [7, 11) is 1.94. The van der Waals surface area contributed by atoms with Crippen molar-refractivity contribution >= 4 is 33.4 Å². The standard InChI is InChI=1S/C22H22BrNO4/c1-22(2)18-9-4-5-10-19(18)24(3)20(22)12-16(25)13-28-21(26)14-27-17-8-6-7-15(23)11-17/h4-12H,13-14H2,1-3H3. The minimum Gasteiger partial charge on any atom is -0.482 e. The number of esters is 1. The molecule has 3 rings (SSSR count). The van der Waals surface area contributed by atoms with Crippen LogP contribution in [0.25, 0.3) is 0 Å². The first kappa shape index (κ1) is 20.1. The average Bonchev–Trinajstić information content (AvgIpc) is 2.86. The largest absolute Gasteiger partial charge is 0.482 e. The first-order chi connectivity index (χ1) is 13.3. The maximum Gasteiger partial charge on any atom is 0.344 e. The number of anilines is 1. The van der Waals surface area contributed by atoms with Crippen molar-refractivity contribution in [3.8, 4) is 5.75 Å². The molecule has 0 radical (unpaired) electrons. The number of ether oxygens (including phenoxy) is 2. The van der Waals surface area contributed by atoms with Gasteiger partial charge >= 0.3 is 5.97 Å². The van der Waals surface area contributed by atoms with Gasteiger partial charge in [-0.05, 0) is 29.8 Å². The summed E-state index contributed by atoms with van der Waals surface area (Å²) in [5.41, 5.74) is 2.82. The smallest absolute Gasteiger partial charge is 0.344 e. The summed E-state index contributed by atoms with van der Waals surface area (Å²) >= 11 is 3.33. The Morgan fingerprint density at radius 2 is 1.86 bits per heavy atom. The number of allylic oxidation sites excluding steroid dienone is 1. The molecule has 0 bridgehead atoms. The number of benzene rings is 2. The van der Waals surface area contributed by atoms with Gasteiger partial charge in [0.1, 0.15) is 5.75 Å². The zero-order valence-corrected chi connectivity index (χ0v) is 17.7. The lowest BCUT2D eigenvalue weighted by molar-refractivity contribution is -0.148. The molecule has 0 amide bonds. The fraction of sp³-hybridized carbons (Fsp3) is 0.273. The van der Waals surface area contributed by atoms with Crippen LogP contribution in [0.2, 0.25) is 0 Å². The maximum atomic E-state index is 12.4. The number of fused-ring (bicyclic) bond motifs is 1. The zero-order chi connectivity index (χ0) is 20.3. The van der Waals surface area contributed by atoms with Crippen LogP contribution >= 0.6 is 15.9 Å². The van der Waals surface area contributed by atoms with Gasteiger partial charge < -0.3 is 14.4 Å². The lowest BCUT2D eigenvalue weighted by Crippen LogP contribution is -2.25. The Morgan fingerprint density at radius 1 is 1.11 bits per heavy atom. The molecular weight excluding hydrogens is 422 g/mol. The first-order valence-corrected chi connectivity index (χ1v) is 9.70. The van der Waals surface area contributed by atoms with E-state index < -0.39 is 5.97 Å². The summed E-state index contributed by atoms with van der Waals surface area (Å²) in [5, 5.41) is 0. The van der Waals surface area contributed by atoms with Crippen molar-refractivity contribution in [2.24, 2.45) is 0 Å². The number of carbonyl (C=O) groups is 2. The number of likely N-dealkylation sites (N-methyl/N-ethyl adjacent to an activating group) is 1. The van der Waals surface area contributed by atoms with E-state index in [1.807, 2.05) is 36.2 Å². The van der Waals surface area contributed by atoms with Crippen LogP contribution in [-0.2, 0) is 19.7 Å². The van der Waals surface area contributed by atoms with Crippen molar-refractivity contribution < 1.29 is 19.1 Å². The van der Waals surface area contributed by atoms with Crippen LogP contribution in [0.1, 0.15) is 19.4 Å². The molecule has 0 spiro atoms. The summed E-state index contributed by atoms with van der Waals surface area (Å²) in [6.07, 6.45) is 1.56. The molecular formula is C22H22BrNO4. The molecule has 0 unspecified atom stereocenters. The van der Waals surface area contributed by atoms with E-state index in [0.717, 1.165) is 21.4 Å². The molecule has 0 aromatic heterocycles. The van der Waals surface area contributed by atoms with Crippen molar-refractivity contribution in [3.63, 3.8) is 0 Å². The number of hydrogen-bond donors (Lipinski definition) is 0. The molecule has 2 aromatic carbocycles. The summed E-state index contributed by atoms with van der Waals surface area (Å²) in [5.74, 6) is -0.306. The number of para-hydroxylation sites is 1. The van der Waals surface area contributed by atoms with Gasteiger partial charge in [0.25, 0.3) is 0 Å². The lowest BCUT2D eigenvalue weighted by Gasteiger charge is -2.23. The van der Waals surface area contributed by atoms with E-state index in [0.29, 0.717) is 5.75 Å². The maximum absolute atomic E-state index is 12.4. The minimum absolute atomic E-state index is 0.253. The van der Waals surface area contributed by atoms with E-state index in [4.69, 9.17) is 9.47 Å². The Balaban J connectivity index is 1.57. The molecule has 1 heterocycles. The Hall–Kier alpha value is -2.60. The number of rotatable bonds is 6. The van der Waals surface area contributed by atoms with Gasteiger partial charge in [0, 0.05) is 34.4 Å². The monoisotopic (exact) mass is 443 g/mol. The SMILES string of the molecule is CN1C(=CC(=O)COC(=O)COc2cccc(Br)c2)C(C)(C)c2ccccc21. The van der Waals surface area contributed by atoms with Crippen LogP contribution in [-0.4, -0.2) is 32.0 Å². The third kappa shape index (κ3) is 4.28. The highest BCUT2D eigenvalue weighted by Crippen LogP contribution is 2.46. The lowest BCUT2D eigenvalue weighted by atomic mass is 9.83. The Labute approximate surface area is 173 Å². The van der Waals surface area contributed by atoms with Crippen LogP contribution in [0.5, 0.6) is 5.75 Å². The highest BCUT2D eigenvalue weighted by molar-refractivity contribution is 9.10. The second kappa shape index (κ2) is 8.19. The quantitative estimate of drug-likeness (QED) is 0.493. The van der Waals surface area contributed by atoms with E-state index in [-0.39, 0.29) is 24.4 Å². The molecule has 0 N–H and O–H groups in total. The first-order valence-electron chi connectivity index (χ1n) is 8.91. The highest BCUT2D eigenvalue weighted by atomic mass is 79.9. The van der Waals surface area contributed by atoms with E-state index in [1.165, 1.54) is 0 Å². The van der Waals surface area contributed by atoms with E-state index in [1.54, 1.807) is 24.3 Å². The molecule has 1 aliphatic heterocycles. The molecule has 0 fully saturated rings. The predicted octanol–water partition coefficient (Wildman–Crippen LogP) is 4.25. The number of halogens is 1. The van der Waals surface area contributed by atoms with Crippen LogP contribution < -0.4 is 9.64 Å². The summed E-state index contributed by atoms with van der Waals surface area (Å²) in [6, 6.07) is 15.2. The van der Waals surface area contributed by atoms with E-state index in [2.05, 4.69) is 35.8 Å². The van der Waals surface area contributed by atoms with Crippen molar-refractivity contribution in [2.45, 2.75) is 19.3 Å². The van der Waals surface area contributed by atoms with Gasteiger partial charge in [-0.25, -0.2) is 4.79 Å². The molecule has 0 saturated heterocycles. The Morgan fingerprint density at radius 3 is 2.57 bits per heavy atom. The molecule has 5 nitrogen and oxygen atoms in total. The topological polar surface area (TPSA) is 55.8 Å². The van der Waals surface area contributed by atoms with Crippen LogP contribution in [0.15, 0.2) is 64.8 Å². The van der Waals surface area contributed by atoms with Gasteiger partial charge in [0.05, 0.1) is 0 Å². The van der Waals surface area contributed by atoms with Crippen molar-refractivity contribution in [1.82, 2.24) is 0 Å². The van der Waals surface area contributed by atoms with Crippen LogP contribution in [0, 0.1) is 0 Å². The third-order valence-corrected chi connectivity index (χ3v) is 5.26. The van der Waals surface area contributed by atoms with Gasteiger partial charge in [-0.15, -0.1) is 0 Å². The normalized spacial score (nSPS) is 16.0. The second-order valence-electron chi connectivity index (χ2n) is 7.10. The van der Waals surface area contributed by atoms with Gasteiger partial charge in [-0.1, -0.05) is 54.0 Å². The van der Waals surface area contributed by atoms with E-state index >= 15 is 0 Å². The third-order valence-electron chi connectivity index (χ3n) is 4.77. The molecule has 2 aromatic rings. The Kier molecular flexibility index (Phi) is 5.89.